The smallest absolute Gasteiger partial charge is 0.301 e. The fourth-order valence-corrected chi connectivity index (χ4v) is 4.92. The second-order valence-corrected chi connectivity index (χ2v) is 9.60. The molecule has 0 atom stereocenters. The van der Waals surface area contributed by atoms with Crippen molar-refractivity contribution in [3.8, 4) is 0 Å². The Morgan fingerprint density at radius 3 is 2.30 bits per heavy atom. The minimum atomic E-state index is -3.60. The molecule has 3 aromatic carbocycles. The summed E-state index contributed by atoms with van der Waals surface area (Å²) >= 11 is 12.5. The maximum atomic E-state index is 12.8. The van der Waals surface area contributed by atoms with Gasteiger partial charge >= 0.3 is 10.2 Å². The number of benzene rings is 3. The Hall–Kier alpha value is -3.11. The van der Waals surface area contributed by atoms with Crippen LogP contribution in [0.3, 0.4) is 0 Å². The first-order chi connectivity index (χ1) is 15.7. The summed E-state index contributed by atoms with van der Waals surface area (Å²) < 4.78 is 27.6. The summed E-state index contributed by atoms with van der Waals surface area (Å²) in [5.74, 6) is -0.845. The van der Waals surface area contributed by atoms with E-state index in [2.05, 4.69) is 15.4 Å². The van der Waals surface area contributed by atoms with Crippen molar-refractivity contribution in [1.29, 1.82) is 0 Å². The van der Waals surface area contributed by atoms with Crippen LogP contribution in [0, 0.1) is 0 Å². The van der Waals surface area contributed by atoms with Crippen LogP contribution in [0.25, 0.3) is 0 Å². The van der Waals surface area contributed by atoms with Crippen LogP contribution in [0.5, 0.6) is 0 Å². The molecule has 1 heterocycles. The molecule has 3 N–H and O–H groups in total. The number of halogens is 2. The maximum Gasteiger partial charge on any atom is 0.301 e. The lowest BCUT2D eigenvalue weighted by atomic mass is 10.1. The van der Waals surface area contributed by atoms with Crippen LogP contribution in [0.1, 0.15) is 20.7 Å². The van der Waals surface area contributed by atoms with Crippen molar-refractivity contribution >= 4 is 62.3 Å². The van der Waals surface area contributed by atoms with Crippen molar-refractivity contribution < 1.29 is 18.0 Å². The topological polar surface area (TPSA) is 108 Å². The van der Waals surface area contributed by atoms with Crippen molar-refractivity contribution in [1.82, 2.24) is 4.72 Å². The van der Waals surface area contributed by atoms with E-state index in [0.717, 1.165) is 0 Å². The van der Waals surface area contributed by atoms with Gasteiger partial charge in [-0.1, -0.05) is 41.4 Å². The van der Waals surface area contributed by atoms with Crippen LogP contribution in [-0.4, -0.2) is 33.3 Å². The summed E-state index contributed by atoms with van der Waals surface area (Å²) in [7, 11) is -3.60. The van der Waals surface area contributed by atoms with Gasteiger partial charge in [-0.2, -0.15) is 13.1 Å². The molecular weight excluding hydrogens is 487 g/mol. The number of anilines is 3. The normalized spacial score (nSPS) is 14.7. The van der Waals surface area contributed by atoms with E-state index >= 15 is 0 Å². The highest BCUT2D eigenvalue weighted by atomic mass is 35.5. The SMILES string of the molecule is O=C(Nc1cc(NC(=O)c2ccc(N3CCNS3(=O)=O)cc2Cl)ccc1Cl)c1ccccc1. The zero-order valence-electron chi connectivity index (χ0n) is 17.0. The lowest BCUT2D eigenvalue weighted by molar-refractivity contribution is 0.101. The first kappa shape index (κ1) is 23.1. The predicted molar refractivity (Wildman–Crippen MR) is 130 cm³/mol. The summed E-state index contributed by atoms with van der Waals surface area (Å²) in [6.07, 6.45) is 0. The molecule has 4 rings (SSSR count). The molecule has 1 aliphatic rings. The molecule has 0 radical (unpaired) electrons. The molecule has 2 amide bonds. The van der Waals surface area contributed by atoms with E-state index in [4.69, 9.17) is 23.2 Å². The van der Waals surface area contributed by atoms with E-state index in [9.17, 15) is 18.0 Å². The second-order valence-electron chi connectivity index (χ2n) is 7.10. The number of nitrogens with one attached hydrogen (secondary N) is 3. The van der Waals surface area contributed by atoms with E-state index in [-0.39, 0.29) is 23.0 Å². The largest absolute Gasteiger partial charge is 0.322 e. The molecule has 1 fully saturated rings. The Balaban J connectivity index is 1.50. The maximum absolute atomic E-state index is 12.8. The molecule has 8 nitrogen and oxygen atoms in total. The summed E-state index contributed by atoms with van der Waals surface area (Å²) in [4.78, 5) is 25.2. The minimum Gasteiger partial charge on any atom is -0.322 e. The Kier molecular flexibility index (Phi) is 6.57. The molecule has 0 saturated carbocycles. The van der Waals surface area contributed by atoms with Gasteiger partial charge in [0.1, 0.15) is 0 Å². The van der Waals surface area contributed by atoms with Crippen LogP contribution in [0.4, 0.5) is 17.1 Å². The van der Waals surface area contributed by atoms with Crippen molar-refractivity contribution in [3.05, 3.63) is 87.9 Å². The van der Waals surface area contributed by atoms with Gasteiger partial charge in [-0.15, -0.1) is 0 Å². The van der Waals surface area contributed by atoms with Gasteiger partial charge in [0.2, 0.25) is 0 Å². The van der Waals surface area contributed by atoms with Gasteiger partial charge < -0.3 is 10.6 Å². The molecule has 33 heavy (non-hydrogen) atoms. The van der Waals surface area contributed by atoms with Crippen molar-refractivity contribution in [2.45, 2.75) is 0 Å². The summed E-state index contributed by atoms with van der Waals surface area (Å²) in [6, 6.07) is 17.7. The van der Waals surface area contributed by atoms with Gasteiger partial charge in [0.25, 0.3) is 11.8 Å². The van der Waals surface area contributed by atoms with Gasteiger partial charge in [-0.3, -0.25) is 13.9 Å². The highest BCUT2D eigenvalue weighted by Gasteiger charge is 2.28. The Labute approximate surface area is 200 Å². The Bertz CT molecular complexity index is 1330. The molecule has 0 unspecified atom stereocenters. The standard InChI is InChI=1S/C22H18Cl2N4O4S/c23-18-9-6-15(12-20(18)27-21(29)14-4-2-1-3-5-14)26-22(30)17-8-7-16(13-19(17)24)28-11-10-25-33(28,31)32/h1-9,12-13,25H,10-11H2,(H,26,30)(H,27,29). The third-order valence-electron chi connectivity index (χ3n) is 4.88. The molecule has 0 aromatic heterocycles. The molecule has 0 aliphatic carbocycles. The molecule has 3 aromatic rings. The number of amides is 2. The van der Waals surface area contributed by atoms with Gasteiger partial charge in [0, 0.05) is 24.3 Å². The number of carbonyl (C=O) groups excluding carboxylic acids is 2. The van der Waals surface area contributed by atoms with Gasteiger partial charge in [0.05, 0.1) is 27.0 Å². The second kappa shape index (κ2) is 9.40. The van der Waals surface area contributed by atoms with E-state index in [1.165, 1.54) is 28.6 Å². The molecule has 1 saturated heterocycles. The fourth-order valence-electron chi connectivity index (χ4n) is 3.27. The average Bonchev–Trinajstić information content (AvgIpc) is 3.15. The first-order valence-electron chi connectivity index (χ1n) is 9.79. The number of rotatable bonds is 5. The van der Waals surface area contributed by atoms with Crippen molar-refractivity contribution in [3.63, 3.8) is 0 Å². The van der Waals surface area contributed by atoms with E-state index in [0.29, 0.717) is 34.2 Å². The fraction of sp³-hybridized carbons (Fsp3) is 0.0909. The van der Waals surface area contributed by atoms with Gasteiger partial charge in [0.15, 0.2) is 0 Å². The predicted octanol–water partition coefficient (Wildman–Crippen LogP) is 4.15. The lowest BCUT2D eigenvalue weighted by Crippen LogP contribution is -2.29. The number of nitrogens with zero attached hydrogens (tertiary/aromatic N) is 1. The Morgan fingerprint density at radius 1 is 0.879 bits per heavy atom. The molecule has 11 heteroatoms. The van der Waals surface area contributed by atoms with Crippen LogP contribution >= 0.6 is 23.2 Å². The molecule has 0 spiro atoms. The number of carbonyl (C=O) groups is 2. The third-order valence-corrected chi connectivity index (χ3v) is 7.07. The van der Waals surface area contributed by atoms with Crippen LogP contribution in [0.15, 0.2) is 66.7 Å². The molecule has 0 bridgehead atoms. The monoisotopic (exact) mass is 504 g/mol. The zero-order valence-corrected chi connectivity index (χ0v) is 19.3. The van der Waals surface area contributed by atoms with Crippen molar-refractivity contribution in [2.75, 3.05) is 28.0 Å². The highest BCUT2D eigenvalue weighted by molar-refractivity contribution is 7.91. The van der Waals surface area contributed by atoms with Crippen LogP contribution in [0.2, 0.25) is 10.0 Å². The zero-order chi connectivity index (χ0) is 23.6. The number of hydrogen-bond donors (Lipinski definition) is 3. The molecular formula is C22H18Cl2N4O4S. The van der Waals surface area contributed by atoms with Crippen molar-refractivity contribution in [2.24, 2.45) is 0 Å². The van der Waals surface area contributed by atoms with Gasteiger partial charge in [-0.25, -0.2) is 0 Å². The summed E-state index contributed by atoms with van der Waals surface area (Å²) in [5, 5.41) is 5.83. The summed E-state index contributed by atoms with van der Waals surface area (Å²) in [5.41, 5.74) is 1.70. The highest BCUT2D eigenvalue weighted by Crippen LogP contribution is 2.29. The van der Waals surface area contributed by atoms with Crippen LogP contribution in [-0.2, 0) is 10.2 Å². The average molecular weight is 505 g/mol. The van der Waals surface area contributed by atoms with Crippen LogP contribution < -0.4 is 19.7 Å². The molecule has 1 aliphatic heterocycles. The quantitative estimate of drug-likeness (QED) is 0.484. The van der Waals surface area contributed by atoms with E-state index < -0.39 is 16.1 Å². The van der Waals surface area contributed by atoms with E-state index in [1.807, 2.05) is 0 Å². The number of hydrogen-bond acceptors (Lipinski definition) is 4. The third kappa shape index (κ3) is 5.12. The first-order valence-corrected chi connectivity index (χ1v) is 12.0. The lowest BCUT2D eigenvalue weighted by Gasteiger charge is -2.17. The van der Waals surface area contributed by atoms with Gasteiger partial charge in [-0.05, 0) is 48.5 Å². The minimum absolute atomic E-state index is 0.0960. The molecule has 170 valence electrons. The van der Waals surface area contributed by atoms with E-state index in [1.54, 1.807) is 42.5 Å². The Morgan fingerprint density at radius 2 is 1.64 bits per heavy atom. The summed E-state index contributed by atoms with van der Waals surface area (Å²) in [6.45, 7) is 0.564.